The van der Waals surface area contributed by atoms with Gasteiger partial charge in [-0.2, -0.15) is 0 Å². The van der Waals surface area contributed by atoms with Gasteiger partial charge in [0.05, 0.1) is 21.9 Å². The van der Waals surface area contributed by atoms with Crippen molar-refractivity contribution in [3.63, 3.8) is 0 Å². The minimum atomic E-state index is 0.421. The zero-order chi connectivity index (χ0) is 21.4. The van der Waals surface area contributed by atoms with Gasteiger partial charge in [-0.1, -0.05) is 88.0 Å². The summed E-state index contributed by atoms with van der Waals surface area (Å²) >= 11 is 13.9. The van der Waals surface area contributed by atoms with Crippen LogP contribution in [0, 0.1) is 18.8 Å². The molecule has 29 heavy (non-hydrogen) atoms. The van der Waals surface area contributed by atoms with Crippen LogP contribution < -0.4 is 5.32 Å². The van der Waals surface area contributed by atoms with Gasteiger partial charge in [0.1, 0.15) is 10.8 Å². The summed E-state index contributed by atoms with van der Waals surface area (Å²) in [6.07, 6.45) is 7.80. The molecule has 1 N–H and O–H groups in total. The van der Waals surface area contributed by atoms with Crippen LogP contribution in [-0.4, -0.2) is 16.0 Å². The van der Waals surface area contributed by atoms with Gasteiger partial charge >= 0.3 is 0 Å². The molecule has 2 aromatic rings. The molecule has 0 fully saturated rings. The fraction of sp³-hybridized carbons (Fsp3) is 0.565. The third-order valence-corrected chi connectivity index (χ3v) is 7.62. The molecule has 160 valence electrons. The monoisotopic (exact) mass is 453 g/mol. The number of nitrogens with zero attached hydrogens (tertiary/aromatic N) is 2. The molecule has 0 aliphatic rings. The van der Waals surface area contributed by atoms with E-state index in [2.05, 4.69) is 38.0 Å². The SMILES string of the molecule is CCC(C)CC(CC(CC)CC)Nc1cnc(Sc2cccc(Cl)c2Cl)c(C)n1. The molecule has 6 heteroatoms. The second kappa shape index (κ2) is 12.0. The highest BCUT2D eigenvalue weighted by atomic mass is 35.5. The Bertz CT molecular complexity index is 781. The van der Waals surface area contributed by atoms with Crippen LogP contribution in [0.1, 0.15) is 65.5 Å². The summed E-state index contributed by atoms with van der Waals surface area (Å²) in [5.41, 5.74) is 0.890. The Balaban J connectivity index is 2.14. The van der Waals surface area contributed by atoms with Crippen LogP contribution in [0.3, 0.4) is 0 Å². The largest absolute Gasteiger partial charge is 0.366 e. The van der Waals surface area contributed by atoms with E-state index in [1.165, 1.54) is 37.4 Å². The summed E-state index contributed by atoms with van der Waals surface area (Å²) in [6.45, 7) is 11.1. The van der Waals surface area contributed by atoms with Crippen molar-refractivity contribution in [2.24, 2.45) is 11.8 Å². The third-order valence-electron chi connectivity index (χ3n) is 5.53. The number of nitrogens with one attached hydrogen (secondary N) is 1. The molecule has 0 bridgehead atoms. The maximum absolute atomic E-state index is 6.32. The van der Waals surface area contributed by atoms with Gasteiger partial charge in [0.2, 0.25) is 0 Å². The second-order valence-electron chi connectivity index (χ2n) is 7.81. The van der Waals surface area contributed by atoms with Crippen molar-refractivity contribution in [2.75, 3.05) is 5.32 Å². The molecule has 1 aromatic heterocycles. The molecule has 2 atom stereocenters. The molecule has 3 nitrogen and oxygen atoms in total. The third kappa shape index (κ3) is 7.34. The highest BCUT2D eigenvalue weighted by Gasteiger charge is 2.18. The lowest BCUT2D eigenvalue weighted by atomic mass is 9.89. The zero-order valence-electron chi connectivity index (χ0n) is 18.1. The van der Waals surface area contributed by atoms with Crippen molar-refractivity contribution < 1.29 is 0 Å². The number of aryl methyl sites for hydroxylation is 1. The van der Waals surface area contributed by atoms with E-state index < -0.39 is 0 Å². The Morgan fingerprint density at radius 3 is 2.41 bits per heavy atom. The van der Waals surface area contributed by atoms with Gasteiger partial charge in [-0.25, -0.2) is 9.97 Å². The summed E-state index contributed by atoms with van der Waals surface area (Å²) in [5.74, 6) is 2.28. The summed E-state index contributed by atoms with van der Waals surface area (Å²) in [6, 6.07) is 6.05. The normalized spacial score (nSPS) is 13.5. The molecular weight excluding hydrogens is 421 g/mol. The first-order valence-electron chi connectivity index (χ1n) is 10.6. The molecule has 0 radical (unpaired) electrons. The molecular formula is C23H33Cl2N3S. The molecule has 0 saturated carbocycles. The van der Waals surface area contributed by atoms with Crippen LogP contribution in [0.5, 0.6) is 0 Å². The average Bonchev–Trinajstić information content (AvgIpc) is 2.71. The van der Waals surface area contributed by atoms with E-state index >= 15 is 0 Å². The Kier molecular flexibility index (Phi) is 10.1. The predicted molar refractivity (Wildman–Crippen MR) is 128 cm³/mol. The summed E-state index contributed by atoms with van der Waals surface area (Å²) in [7, 11) is 0. The zero-order valence-corrected chi connectivity index (χ0v) is 20.5. The van der Waals surface area contributed by atoms with Gasteiger partial charge in [-0.3, -0.25) is 0 Å². The molecule has 0 spiro atoms. The van der Waals surface area contributed by atoms with E-state index in [1.807, 2.05) is 25.3 Å². The molecule has 0 aliphatic carbocycles. The summed E-state index contributed by atoms with van der Waals surface area (Å²) < 4.78 is 0. The van der Waals surface area contributed by atoms with Gasteiger partial charge in [0, 0.05) is 10.9 Å². The van der Waals surface area contributed by atoms with Crippen molar-refractivity contribution in [3.05, 3.63) is 40.1 Å². The first-order chi connectivity index (χ1) is 13.9. The second-order valence-corrected chi connectivity index (χ2v) is 9.62. The molecule has 1 heterocycles. The minimum Gasteiger partial charge on any atom is -0.366 e. The molecule has 0 aliphatic heterocycles. The van der Waals surface area contributed by atoms with Gasteiger partial charge in [0.15, 0.2) is 0 Å². The Hall–Kier alpha value is -0.970. The number of hydrogen-bond acceptors (Lipinski definition) is 4. The van der Waals surface area contributed by atoms with Gasteiger partial charge in [-0.05, 0) is 43.7 Å². The molecule has 0 amide bonds. The molecule has 1 aromatic carbocycles. The first-order valence-corrected chi connectivity index (χ1v) is 12.2. The van der Waals surface area contributed by atoms with Crippen molar-refractivity contribution in [1.29, 1.82) is 0 Å². The Morgan fingerprint density at radius 2 is 1.79 bits per heavy atom. The molecule has 2 rings (SSSR count). The molecule has 2 unspecified atom stereocenters. The van der Waals surface area contributed by atoms with E-state index in [0.717, 1.165) is 33.8 Å². The van der Waals surface area contributed by atoms with Crippen LogP contribution in [0.2, 0.25) is 10.0 Å². The van der Waals surface area contributed by atoms with Crippen molar-refractivity contribution >= 4 is 40.8 Å². The van der Waals surface area contributed by atoms with Gasteiger partial charge < -0.3 is 5.32 Å². The topological polar surface area (TPSA) is 37.8 Å². The van der Waals surface area contributed by atoms with E-state index in [0.29, 0.717) is 22.0 Å². The van der Waals surface area contributed by atoms with Gasteiger partial charge in [0.25, 0.3) is 0 Å². The van der Waals surface area contributed by atoms with Crippen LogP contribution in [0.25, 0.3) is 0 Å². The summed E-state index contributed by atoms with van der Waals surface area (Å²) in [4.78, 5) is 10.3. The minimum absolute atomic E-state index is 0.421. The quantitative estimate of drug-likeness (QED) is 0.371. The maximum Gasteiger partial charge on any atom is 0.145 e. The number of hydrogen-bond donors (Lipinski definition) is 1. The number of rotatable bonds is 11. The highest BCUT2D eigenvalue weighted by molar-refractivity contribution is 7.99. The Labute approximate surface area is 190 Å². The maximum atomic E-state index is 6.32. The van der Waals surface area contributed by atoms with E-state index in [9.17, 15) is 0 Å². The lowest BCUT2D eigenvalue weighted by Crippen LogP contribution is -2.26. The number of aromatic nitrogens is 2. The first kappa shape index (κ1) is 24.3. The summed E-state index contributed by atoms with van der Waals surface area (Å²) in [5, 5.41) is 5.62. The number of anilines is 1. The standard InChI is InChI=1S/C23H33Cl2N3S/c1-6-15(4)12-18(13-17(7-2)8-3)28-21-14-26-23(16(5)27-21)29-20-11-9-10-19(24)22(20)25/h9-11,14-15,17-18H,6-8,12-13H2,1-5H3,(H,27,28). The Morgan fingerprint density at radius 1 is 1.07 bits per heavy atom. The van der Waals surface area contributed by atoms with E-state index in [1.54, 1.807) is 6.07 Å². The smallest absolute Gasteiger partial charge is 0.145 e. The van der Waals surface area contributed by atoms with Crippen LogP contribution in [-0.2, 0) is 0 Å². The van der Waals surface area contributed by atoms with Crippen LogP contribution in [0.4, 0.5) is 5.82 Å². The van der Waals surface area contributed by atoms with Crippen molar-refractivity contribution in [1.82, 2.24) is 9.97 Å². The van der Waals surface area contributed by atoms with Crippen molar-refractivity contribution in [3.8, 4) is 0 Å². The number of benzene rings is 1. The molecule has 0 saturated heterocycles. The highest BCUT2D eigenvalue weighted by Crippen LogP contribution is 2.37. The lowest BCUT2D eigenvalue weighted by molar-refractivity contribution is 0.372. The predicted octanol–water partition coefficient (Wildman–Crippen LogP) is 8.29. The lowest BCUT2D eigenvalue weighted by Gasteiger charge is -2.26. The average molecular weight is 455 g/mol. The number of halogens is 2. The van der Waals surface area contributed by atoms with E-state index in [-0.39, 0.29) is 0 Å². The van der Waals surface area contributed by atoms with Gasteiger partial charge in [-0.15, -0.1) is 0 Å². The van der Waals surface area contributed by atoms with Crippen molar-refractivity contribution in [2.45, 2.75) is 82.7 Å². The fourth-order valence-corrected chi connectivity index (χ4v) is 4.73. The van der Waals surface area contributed by atoms with Crippen LogP contribution >= 0.6 is 35.0 Å². The van der Waals surface area contributed by atoms with Crippen LogP contribution in [0.15, 0.2) is 34.3 Å². The fourth-order valence-electron chi connectivity index (χ4n) is 3.41. The van der Waals surface area contributed by atoms with E-state index in [4.69, 9.17) is 28.2 Å².